The van der Waals surface area contributed by atoms with Gasteiger partial charge in [-0.25, -0.2) is 0 Å². The highest BCUT2D eigenvalue weighted by atomic mass is 16.2. The topological polar surface area (TPSA) is 77.0 Å². The van der Waals surface area contributed by atoms with Crippen molar-refractivity contribution in [2.75, 3.05) is 6.54 Å². The first-order valence-electron chi connectivity index (χ1n) is 9.33. The van der Waals surface area contributed by atoms with Crippen LogP contribution < -0.4 is 5.73 Å². The molecule has 1 aliphatic heterocycles. The minimum atomic E-state index is -0.153. The van der Waals surface area contributed by atoms with Crippen molar-refractivity contribution in [2.24, 2.45) is 5.73 Å². The van der Waals surface area contributed by atoms with E-state index < -0.39 is 0 Å². The summed E-state index contributed by atoms with van der Waals surface area (Å²) in [7, 11) is 0. The SMILES string of the molecule is NC1CC(C(=O)N2CCn3c(nnc3-c3ccccc3)C2)c2ccccc21. The monoisotopic (exact) mass is 359 g/mol. The number of hydrogen-bond donors (Lipinski definition) is 1. The Morgan fingerprint density at radius 2 is 1.70 bits per heavy atom. The maximum atomic E-state index is 13.2. The highest BCUT2D eigenvalue weighted by molar-refractivity contribution is 5.85. The standard InChI is InChI=1S/C21H21N5O/c22-18-12-17(15-8-4-5-9-16(15)18)21(27)25-10-11-26-19(13-25)23-24-20(26)14-6-2-1-3-7-14/h1-9,17-18H,10-13,22H2. The van der Waals surface area contributed by atoms with Crippen LogP contribution in [-0.2, 0) is 17.9 Å². The van der Waals surface area contributed by atoms with Crippen molar-refractivity contribution >= 4 is 5.91 Å². The summed E-state index contributed by atoms with van der Waals surface area (Å²) in [6, 6.07) is 18.0. The maximum absolute atomic E-state index is 13.2. The fraction of sp³-hybridized carbons (Fsp3) is 0.286. The van der Waals surface area contributed by atoms with Gasteiger partial charge < -0.3 is 15.2 Å². The lowest BCUT2D eigenvalue weighted by Crippen LogP contribution is -2.40. The molecule has 1 aromatic heterocycles. The van der Waals surface area contributed by atoms with Gasteiger partial charge in [-0.1, -0.05) is 54.6 Å². The number of carbonyl (C=O) groups is 1. The summed E-state index contributed by atoms with van der Waals surface area (Å²) in [6.45, 7) is 1.86. The van der Waals surface area contributed by atoms with Crippen LogP contribution in [0.3, 0.4) is 0 Å². The Balaban J connectivity index is 1.39. The van der Waals surface area contributed by atoms with Crippen LogP contribution >= 0.6 is 0 Å². The number of fused-ring (bicyclic) bond motifs is 2. The molecule has 5 rings (SSSR count). The van der Waals surface area contributed by atoms with E-state index in [9.17, 15) is 4.79 Å². The molecule has 2 aliphatic rings. The third-order valence-electron chi connectivity index (χ3n) is 5.66. The third-order valence-corrected chi connectivity index (χ3v) is 5.66. The summed E-state index contributed by atoms with van der Waals surface area (Å²) >= 11 is 0. The lowest BCUT2D eigenvalue weighted by molar-refractivity contribution is -0.134. The second-order valence-electron chi connectivity index (χ2n) is 7.24. The summed E-state index contributed by atoms with van der Waals surface area (Å²) in [4.78, 5) is 15.1. The van der Waals surface area contributed by atoms with Crippen LogP contribution in [0.2, 0.25) is 0 Å². The molecule has 6 heteroatoms. The maximum Gasteiger partial charge on any atom is 0.230 e. The van der Waals surface area contributed by atoms with Crippen molar-refractivity contribution in [2.45, 2.75) is 31.5 Å². The number of benzene rings is 2. The summed E-state index contributed by atoms with van der Waals surface area (Å²) in [5.41, 5.74) is 9.47. The fourth-order valence-electron chi connectivity index (χ4n) is 4.27. The Kier molecular flexibility index (Phi) is 3.79. The van der Waals surface area contributed by atoms with E-state index in [0.29, 0.717) is 26.1 Å². The average molecular weight is 359 g/mol. The molecular formula is C21H21N5O. The van der Waals surface area contributed by atoms with E-state index in [4.69, 9.17) is 5.73 Å². The normalized spacial score (nSPS) is 21.0. The minimum absolute atomic E-state index is 0.0618. The molecule has 0 fully saturated rings. The lowest BCUT2D eigenvalue weighted by Gasteiger charge is -2.30. The van der Waals surface area contributed by atoms with E-state index in [0.717, 1.165) is 28.3 Å². The van der Waals surface area contributed by atoms with Crippen molar-refractivity contribution < 1.29 is 4.79 Å². The number of nitrogens with zero attached hydrogens (tertiary/aromatic N) is 4. The molecule has 6 nitrogen and oxygen atoms in total. The van der Waals surface area contributed by atoms with E-state index in [1.165, 1.54) is 0 Å². The van der Waals surface area contributed by atoms with Crippen molar-refractivity contribution in [3.63, 3.8) is 0 Å². The van der Waals surface area contributed by atoms with Gasteiger partial charge in [0, 0.05) is 24.7 Å². The molecule has 2 heterocycles. The molecule has 2 aromatic carbocycles. The van der Waals surface area contributed by atoms with E-state index in [1.807, 2.05) is 59.5 Å². The van der Waals surface area contributed by atoms with Crippen LogP contribution in [0, 0.1) is 0 Å². The van der Waals surface area contributed by atoms with E-state index >= 15 is 0 Å². The van der Waals surface area contributed by atoms with Gasteiger partial charge in [-0.2, -0.15) is 0 Å². The van der Waals surface area contributed by atoms with Gasteiger partial charge in [0.1, 0.15) is 0 Å². The van der Waals surface area contributed by atoms with Crippen LogP contribution in [0.25, 0.3) is 11.4 Å². The number of rotatable bonds is 2. The fourth-order valence-corrected chi connectivity index (χ4v) is 4.27. The highest BCUT2D eigenvalue weighted by Gasteiger charge is 2.37. The quantitative estimate of drug-likeness (QED) is 0.763. The molecule has 136 valence electrons. The molecular weight excluding hydrogens is 338 g/mol. The summed E-state index contributed by atoms with van der Waals surface area (Å²) in [5, 5.41) is 8.71. The number of hydrogen-bond acceptors (Lipinski definition) is 4. The second-order valence-corrected chi connectivity index (χ2v) is 7.24. The Hall–Kier alpha value is -2.99. The van der Waals surface area contributed by atoms with E-state index in [2.05, 4.69) is 14.8 Å². The summed E-state index contributed by atoms with van der Waals surface area (Å²) < 4.78 is 2.12. The van der Waals surface area contributed by atoms with Crippen molar-refractivity contribution in [3.8, 4) is 11.4 Å². The number of amides is 1. The average Bonchev–Trinajstić information content (AvgIpc) is 3.29. The zero-order valence-electron chi connectivity index (χ0n) is 15.0. The Morgan fingerprint density at radius 3 is 2.52 bits per heavy atom. The first-order valence-corrected chi connectivity index (χ1v) is 9.33. The highest BCUT2D eigenvalue weighted by Crippen LogP contribution is 2.40. The van der Waals surface area contributed by atoms with Crippen molar-refractivity contribution in [3.05, 3.63) is 71.5 Å². The number of carbonyl (C=O) groups excluding carboxylic acids is 1. The Bertz CT molecular complexity index is 997. The predicted molar refractivity (Wildman–Crippen MR) is 102 cm³/mol. The minimum Gasteiger partial charge on any atom is -0.333 e. The van der Waals surface area contributed by atoms with Gasteiger partial charge in [0.2, 0.25) is 5.91 Å². The molecule has 3 aromatic rings. The summed E-state index contributed by atoms with van der Waals surface area (Å²) in [5.74, 6) is 1.69. The van der Waals surface area contributed by atoms with Gasteiger partial charge in [-0.05, 0) is 17.5 Å². The first kappa shape index (κ1) is 16.2. The summed E-state index contributed by atoms with van der Waals surface area (Å²) in [6.07, 6.45) is 0.677. The molecule has 0 saturated heterocycles. The van der Waals surface area contributed by atoms with Crippen molar-refractivity contribution in [1.82, 2.24) is 19.7 Å². The molecule has 0 saturated carbocycles. The number of nitrogens with two attached hydrogens (primary N) is 1. The van der Waals surface area contributed by atoms with Crippen LogP contribution in [0.15, 0.2) is 54.6 Å². The molecule has 0 bridgehead atoms. The molecule has 1 amide bonds. The van der Waals surface area contributed by atoms with Crippen LogP contribution in [0.1, 0.15) is 35.3 Å². The molecule has 2 unspecified atom stereocenters. The van der Waals surface area contributed by atoms with Gasteiger partial charge in [-0.3, -0.25) is 4.79 Å². The smallest absolute Gasteiger partial charge is 0.230 e. The van der Waals surface area contributed by atoms with Gasteiger partial charge >= 0.3 is 0 Å². The largest absolute Gasteiger partial charge is 0.333 e. The van der Waals surface area contributed by atoms with Crippen LogP contribution in [0.5, 0.6) is 0 Å². The molecule has 0 spiro atoms. The second kappa shape index (κ2) is 6.32. The van der Waals surface area contributed by atoms with Crippen molar-refractivity contribution in [1.29, 1.82) is 0 Å². The molecule has 2 atom stereocenters. The molecule has 1 aliphatic carbocycles. The van der Waals surface area contributed by atoms with E-state index in [-0.39, 0.29) is 17.9 Å². The van der Waals surface area contributed by atoms with Crippen LogP contribution in [0.4, 0.5) is 0 Å². The molecule has 2 N–H and O–H groups in total. The zero-order valence-corrected chi connectivity index (χ0v) is 15.0. The van der Waals surface area contributed by atoms with Crippen LogP contribution in [-0.4, -0.2) is 32.1 Å². The van der Waals surface area contributed by atoms with Gasteiger partial charge in [-0.15, -0.1) is 10.2 Å². The predicted octanol–water partition coefficient (Wildman–Crippen LogP) is 2.47. The lowest BCUT2D eigenvalue weighted by atomic mass is 9.99. The first-order chi connectivity index (χ1) is 13.2. The Morgan fingerprint density at radius 1 is 0.963 bits per heavy atom. The molecule has 0 radical (unpaired) electrons. The van der Waals surface area contributed by atoms with E-state index in [1.54, 1.807) is 0 Å². The van der Waals surface area contributed by atoms with Gasteiger partial charge in [0.15, 0.2) is 11.6 Å². The third kappa shape index (κ3) is 2.64. The number of aromatic nitrogens is 3. The molecule has 27 heavy (non-hydrogen) atoms. The van der Waals surface area contributed by atoms with Gasteiger partial charge in [0.25, 0.3) is 0 Å². The van der Waals surface area contributed by atoms with Gasteiger partial charge in [0.05, 0.1) is 12.5 Å². The Labute approximate surface area is 157 Å². The zero-order chi connectivity index (χ0) is 18.4.